The van der Waals surface area contributed by atoms with E-state index >= 15 is 0 Å². The van der Waals surface area contributed by atoms with Crippen LogP contribution in [0, 0.1) is 5.41 Å². The number of hydrogen-bond acceptors (Lipinski definition) is 8. The van der Waals surface area contributed by atoms with E-state index in [0.29, 0.717) is 0 Å². The summed E-state index contributed by atoms with van der Waals surface area (Å²) in [5, 5.41) is 8.33. The first-order valence-corrected chi connectivity index (χ1v) is 16.1. The maximum Gasteiger partial charge on any atom is 0.338 e. The Kier molecular flexibility index (Phi) is 12.7. The van der Waals surface area contributed by atoms with Crippen LogP contribution in [0.4, 0.5) is 0 Å². The summed E-state index contributed by atoms with van der Waals surface area (Å²) in [5.41, 5.74) is 3.38. The average molecular weight is 699 g/mol. The van der Waals surface area contributed by atoms with Gasteiger partial charge in [0.05, 0.1) is 19.8 Å². The number of carbonyl (C=O) groups is 1. The molecule has 1 N–H and O–H groups in total. The normalized spacial score (nSPS) is 21.1. The summed E-state index contributed by atoms with van der Waals surface area (Å²) < 4.78 is 34.9. The van der Waals surface area contributed by atoms with Crippen molar-refractivity contribution >= 4 is 46.7 Å². The van der Waals surface area contributed by atoms with Gasteiger partial charge < -0.3 is 28.4 Å². The van der Waals surface area contributed by atoms with Crippen LogP contribution in [0.1, 0.15) is 22.3 Å². The lowest BCUT2D eigenvalue weighted by atomic mass is 9.97. The number of halogens is 3. The van der Waals surface area contributed by atoms with Crippen molar-refractivity contribution in [1.29, 1.82) is 5.41 Å². The Morgan fingerprint density at radius 2 is 0.979 bits per heavy atom. The number of hydrogen-bond donors (Lipinski definition) is 1. The minimum atomic E-state index is -2.21. The molecule has 5 rings (SSSR count). The van der Waals surface area contributed by atoms with E-state index in [9.17, 15) is 4.79 Å². The van der Waals surface area contributed by atoms with Gasteiger partial charge in [0, 0.05) is 0 Å². The smallest absolute Gasteiger partial charge is 0.338 e. The summed E-state index contributed by atoms with van der Waals surface area (Å²) in [6, 6.07) is 37.7. The van der Waals surface area contributed by atoms with E-state index in [2.05, 4.69) is 0 Å². The Morgan fingerprint density at radius 1 is 0.596 bits per heavy atom. The van der Waals surface area contributed by atoms with Gasteiger partial charge in [0.25, 0.3) is 3.79 Å². The molecule has 1 saturated heterocycles. The zero-order valence-corrected chi connectivity index (χ0v) is 27.5. The van der Waals surface area contributed by atoms with Crippen molar-refractivity contribution in [3.63, 3.8) is 0 Å². The van der Waals surface area contributed by atoms with Crippen LogP contribution in [-0.4, -0.2) is 46.4 Å². The fourth-order valence-corrected chi connectivity index (χ4v) is 5.07. The molecule has 1 aliphatic rings. The van der Waals surface area contributed by atoms with Crippen molar-refractivity contribution in [3.8, 4) is 0 Å². The van der Waals surface area contributed by atoms with Crippen LogP contribution in [0.5, 0.6) is 0 Å². The molecule has 1 heterocycles. The molecule has 3 unspecified atom stereocenters. The van der Waals surface area contributed by atoms with Crippen LogP contribution in [0.25, 0.3) is 0 Å². The maximum absolute atomic E-state index is 13.8. The van der Waals surface area contributed by atoms with Gasteiger partial charge in [-0.1, -0.05) is 156 Å². The topological polar surface area (TPSA) is 96.3 Å². The monoisotopic (exact) mass is 697 g/mol. The van der Waals surface area contributed by atoms with Crippen molar-refractivity contribution < 1.29 is 33.2 Å². The summed E-state index contributed by atoms with van der Waals surface area (Å²) in [7, 11) is 0. The molecule has 11 heteroatoms. The summed E-state index contributed by atoms with van der Waals surface area (Å²) in [4.78, 5) is 13.8. The first-order valence-electron chi connectivity index (χ1n) is 14.9. The van der Waals surface area contributed by atoms with Crippen LogP contribution in [0.3, 0.4) is 0 Å². The molecule has 4 aromatic rings. The Morgan fingerprint density at radius 3 is 1.40 bits per heavy atom. The highest BCUT2D eigenvalue weighted by Crippen LogP contribution is 2.35. The molecule has 0 radical (unpaired) electrons. The van der Waals surface area contributed by atoms with E-state index in [0.717, 1.165) is 22.3 Å². The van der Waals surface area contributed by atoms with Gasteiger partial charge in [-0.15, -0.1) is 0 Å². The fourth-order valence-electron chi connectivity index (χ4n) is 4.94. The Bertz CT molecular complexity index is 1540. The Labute approximate surface area is 288 Å². The van der Waals surface area contributed by atoms with Crippen LogP contribution < -0.4 is 0 Å². The van der Waals surface area contributed by atoms with Crippen LogP contribution in [-0.2, 0) is 59.6 Å². The predicted molar refractivity (Wildman–Crippen MR) is 179 cm³/mol. The third kappa shape index (κ3) is 10.3. The zero-order valence-electron chi connectivity index (χ0n) is 25.3. The molecular weight excluding hydrogens is 665 g/mol. The van der Waals surface area contributed by atoms with E-state index in [1.165, 1.54) is 0 Å². The lowest BCUT2D eigenvalue weighted by Gasteiger charge is -2.45. The lowest BCUT2D eigenvalue weighted by molar-refractivity contribution is -0.305. The molecule has 8 nitrogen and oxygen atoms in total. The summed E-state index contributed by atoms with van der Waals surface area (Å²) >= 11 is 18.0. The number of ether oxygens (including phenoxy) is 6. The highest BCUT2D eigenvalue weighted by molar-refractivity contribution is 6.76. The molecule has 5 atom stereocenters. The van der Waals surface area contributed by atoms with Crippen LogP contribution in [0.2, 0.25) is 0 Å². The van der Waals surface area contributed by atoms with Crippen LogP contribution in [0.15, 0.2) is 121 Å². The summed E-state index contributed by atoms with van der Waals surface area (Å²) in [6.07, 6.45) is -5.85. The number of benzene rings is 4. The van der Waals surface area contributed by atoms with E-state index < -0.39 is 46.4 Å². The van der Waals surface area contributed by atoms with E-state index in [1.54, 1.807) is 0 Å². The second-order valence-electron chi connectivity index (χ2n) is 10.7. The van der Waals surface area contributed by atoms with Gasteiger partial charge in [0.15, 0.2) is 6.10 Å². The molecule has 0 aliphatic carbocycles. The third-order valence-electron chi connectivity index (χ3n) is 7.30. The second kappa shape index (κ2) is 17.1. The molecule has 0 amide bonds. The highest BCUT2D eigenvalue weighted by Gasteiger charge is 2.53. The summed E-state index contributed by atoms with van der Waals surface area (Å²) in [5.74, 6) is -1.45. The van der Waals surface area contributed by atoms with E-state index in [4.69, 9.17) is 68.6 Å². The number of alkyl halides is 3. The van der Waals surface area contributed by atoms with Gasteiger partial charge in [-0.3, -0.25) is 5.41 Å². The average Bonchev–Trinajstić information content (AvgIpc) is 3.09. The van der Waals surface area contributed by atoms with Crippen LogP contribution >= 0.6 is 34.8 Å². The fraction of sp³-hybridized carbons (Fsp3) is 0.278. The lowest BCUT2D eigenvalue weighted by Crippen LogP contribution is -2.63. The number of nitrogens with one attached hydrogen (secondary N) is 1. The molecule has 246 valence electrons. The molecule has 0 spiro atoms. The Hall–Kier alpha value is -3.47. The minimum Gasteiger partial charge on any atom is -0.459 e. The van der Waals surface area contributed by atoms with Gasteiger partial charge in [-0.2, -0.15) is 0 Å². The molecule has 1 aliphatic heterocycles. The standard InChI is InChI=1S/C36H34Cl3NO7/c37-36(38,39)35(40)47-34-32(44-23-27-17-9-3-10-18-27)30(43-22-26-15-7-2-8-16-26)29(42-21-25-13-5-1-6-14-25)31(46-34)33(41)45-24-28-19-11-4-12-20-28/h1-20,29-32,34,40H,21-24H2/t29-,30+,31?,32?,34?/m0/s1. The van der Waals surface area contributed by atoms with Gasteiger partial charge in [-0.05, 0) is 22.3 Å². The molecular formula is C36H34Cl3NO7. The Balaban J connectivity index is 1.50. The van der Waals surface area contributed by atoms with Crippen molar-refractivity contribution in [2.75, 3.05) is 0 Å². The SMILES string of the molecule is N=C(OC1OC(C(=O)OCc2ccccc2)[C@@H](OCc2ccccc2)[C@@H](OCc2ccccc2)C1OCc1ccccc1)C(Cl)(Cl)Cl. The number of rotatable bonds is 13. The second-order valence-corrected chi connectivity index (χ2v) is 13.0. The van der Waals surface area contributed by atoms with Crippen molar-refractivity contribution in [2.24, 2.45) is 0 Å². The molecule has 47 heavy (non-hydrogen) atoms. The minimum absolute atomic E-state index is 0.0100. The van der Waals surface area contributed by atoms with Crippen molar-refractivity contribution in [1.82, 2.24) is 0 Å². The molecule has 4 aromatic carbocycles. The zero-order chi connectivity index (χ0) is 33.1. The predicted octanol–water partition coefficient (Wildman–Crippen LogP) is 7.57. The third-order valence-corrected chi connectivity index (χ3v) is 7.81. The quantitative estimate of drug-likeness (QED) is 0.0666. The number of esters is 1. The first kappa shape index (κ1) is 34.9. The van der Waals surface area contributed by atoms with Crippen molar-refractivity contribution in [3.05, 3.63) is 144 Å². The number of carbonyl (C=O) groups excluding carboxylic acids is 1. The summed E-state index contributed by atoms with van der Waals surface area (Å²) in [6.45, 7) is 0.380. The molecule has 0 bridgehead atoms. The molecule has 0 aromatic heterocycles. The maximum atomic E-state index is 13.8. The largest absolute Gasteiger partial charge is 0.459 e. The van der Waals surface area contributed by atoms with Gasteiger partial charge >= 0.3 is 5.97 Å². The van der Waals surface area contributed by atoms with E-state index in [-0.39, 0.29) is 26.4 Å². The highest BCUT2D eigenvalue weighted by atomic mass is 35.6. The molecule has 0 saturated carbocycles. The van der Waals surface area contributed by atoms with Gasteiger partial charge in [-0.25, -0.2) is 4.79 Å². The van der Waals surface area contributed by atoms with Crippen molar-refractivity contribution in [2.45, 2.75) is 60.9 Å². The van der Waals surface area contributed by atoms with Gasteiger partial charge in [0.1, 0.15) is 24.9 Å². The van der Waals surface area contributed by atoms with Gasteiger partial charge in [0.2, 0.25) is 12.2 Å². The van der Waals surface area contributed by atoms with E-state index in [1.807, 2.05) is 121 Å². The molecule has 1 fully saturated rings. The first-order chi connectivity index (χ1) is 22.8.